The van der Waals surface area contributed by atoms with Crippen molar-refractivity contribution in [3.63, 3.8) is 0 Å². The molecule has 40 heteroatoms. The number of esters is 1. The molecule has 123 heavy (non-hydrogen) atoms. The molecule has 0 radical (unpaired) electrons. The molecule has 7 aromatic carbocycles. The molecule has 694 valence electrons. The molecule has 0 aliphatic carbocycles. The second-order valence-electron chi connectivity index (χ2n) is 26.2. The molecule has 7 aromatic rings. The van der Waals surface area contributed by atoms with E-state index in [-0.39, 0.29) is 5.97 Å². The minimum absolute atomic E-state index is 0.370. The summed E-state index contributed by atoms with van der Waals surface area (Å²) in [4.78, 5) is 12.2. The van der Waals surface area contributed by atoms with Crippen LogP contribution >= 0.6 is 15.6 Å². The Bertz CT molecular complexity index is 3920. The number of ether oxygens (including phenoxy) is 23. The van der Waals surface area contributed by atoms with Crippen LogP contribution in [-0.2, 0) is 71.7 Å². The van der Waals surface area contributed by atoms with Crippen molar-refractivity contribution in [1.82, 2.24) is 0 Å². The Morgan fingerprint density at radius 1 is 0.309 bits per heavy atom. The van der Waals surface area contributed by atoms with Crippen LogP contribution in [0.5, 0.6) is 69.0 Å². The predicted octanol–water partition coefficient (Wildman–Crippen LogP) is 16.1. The van der Waals surface area contributed by atoms with Crippen molar-refractivity contribution in [2.24, 2.45) is 0 Å². The zero-order chi connectivity index (χ0) is 89.5. The Kier molecular flexibility index (Phi) is 46.6. The monoisotopic (exact) mass is 1810 g/mol. The average molecular weight is 1810 g/mol. The van der Waals surface area contributed by atoms with Crippen LogP contribution in [0.4, 0.5) is 50.4 Å². The molecule has 0 fully saturated rings. The number of hydrogen-bond donors (Lipinski definition) is 2. The van der Waals surface area contributed by atoms with E-state index in [9.17, 15) is 55.2 Å². The van der Waals surface area contributed by atoms with Gasteiger partial charge in [-0.2, -0.15) is 0 Å². The summed E-state index contributed by atoms with van der Waals surface area (Å²) < 4.78 is 247. The summed E-state index contributed by atoms with van der Waals surface area (Å²) in [5.74, 6) is 8.16. The predicted molar refractivity (Wildman–Crippen MR) is 437 cm³/mol. The Balaban J connectivity index is 0.000000308. The van der Waals surface area contributed by atoms with E-state index in [1.807, 2.05) is 115 Å². The summed E-state index contributed by atoms with van der Waals surface area (Å²) in [6.45, 7) is 16.1. The summed E-state index contributed by atoms with van der Waals surface area (Å²) in [5, 5.41) is 6.64. The number of hydrogen-bond acceptors (Lipinski definition) is 24. The van der Waals surface area contributed by atoms with Gasteiger partial charge in [-0.3, -0.25) is 0 Å². The number of nitrogens with two attached hydrogens (primary N) is 2. The number of halogens is 12. The van der Waals surface area contributed by atoms with Gasteiger partial charge in [-0.25, -0.2) is 4.79 Å². The second kappa shape index (κ2) is 54.8. The molecule has 0 atom stereocenters. The summed E-state index contributed by atoms with van der Waals surface area (Å²) in [5.41, 5.74) is 3.77. The fourth-order valence-corrected chi connectivity index (χ4v) is 10.6. The van der Waals surface area contributed by atoms with Crippen molar-refractivity contribution >= 4 is 32.4 Å². The molecule has 0 unspecified atom stereocenters. The normalized spacial score (nSPS) is 16.8. The molecular weight excluding hydrogens is 1700 g/mol. The third-order valence-corrected chi connectivity index (χ3v) is 16.2. The third kappa shape index (κ3) is 55.9. The molecule has 0 amide bonds. The van der Waals surface area contributed by atoms with Gasteiger partial charge in [0.2, 0.25) is 0 Å². The van der Waals surface area contributed by atoms with Crippen LogP contribution in [0.15, 0.2) is 146 Å². The molecule has 9 rings (SSSR count). The van der Waals surface area contributed by atoms with Crippen molar-refractivity contribution in [1.29, 1.82) is 0 Å². The fraction of sp³-hybridized carbons (Fsp3) is 0.482. The first-order valence-corrected chi connectivity index (χ1v) is 43.3. The molecule has 2 heterocycles. The van der Waals surface area contributed by atoms with E-state index in [2.05, 4.69) is 22.8 Å². The van der Waals surface area contributed by atoms with Gasteiger partial charge in [-0.05, 0) is 103 Å². The SMILES string of the molecule is C1=C\COCCOCCOCCOc2cc3ccccc3cc2OCCOCCOCCOC/1.COc1cc(C[NH2+]CCCCCOC(=O)c2cc(OC)cc(OC)c2)cc(OC)c1.COc1cc(C[NH2+]Cc2cc3cc(c2)OCCOCCOCCOc2cccc(c2)OCCOCCOCCO3)cc(OC)c1.F[P-](F)(F)(F)(F)F.F[P-](F)(F)(F)(F)F. The van der Waals surface area contributed by atoms with Crippen LogP contribution in [0.3, 0.4) is 0 Å². The van der Waals surface area contributed by atoms with E-state index in [0.29, 0.717) is 207 Å². The van der Waals surface area contributed by atoms with Gasteiger partial charge in [0.25, 0.3) is 0 Å². The maximum absolute atomic E-state index is 12.2. The van der Waals surface area contributed by atoms with Crippen molar-refractivity contribution in [3.8, 4) is 69.0 Å². The number of fused-ring (bicyclic) bond motifs is 6. The molecular formula is C83H114F12N2O24P2. The molecule has 4 bridgehead atoms. The summed E-state index contributed by atoms with van der Waals surface area (Å²) >= 11 is 0. The number of unbranched alkanes of at least 4 members (excludes halogenated alkanes) is 2. The van der Waals surface area contributed by atoms with Gasteiger partial charge in [0.05, 0.1) is 194 Å². The summed E-state index contributed by atoms with van der Waals surface area (Å²) in [7, 11) is -11.6. The topological polar surface area (TPSA) is 263 Å². The van der Waals surface area contributed by atoms with Crippen LogP contribution in [-0.4, -0.2) is 234 Å². The average Bonchev–Trinajstić information content (AvgIpc) is 0.793. The van der Waals surface area contributed by atoms with Crippen molar-refractivity contribution in [2.45, 2.75) is 38.9 Å². The number of carbonyl (C=O) groups is 1. The maximum atomic E-state index is 12.2. The number of benzene rings is 7. The number of quaternary nitrogens is 2. The first-order valence-electron chi connectivity index (χ1n) is 39.2. The Labute approximate surface area is 707 Å². The van der Waals surface area contributed by atoms with Crippen LogP contribution in [0, 0.1) is 0 Å². The zero-order valence-corrected chi connectivity index (χ0v) is 71.6. The molecule has 26 nitrogen and oxygen atoms in total. The molecule has 2 aliphatic rings. The van der Waals surface area contributed by atoms with Crippen molar-refractivity contribution < 1.29 is 175 Å². The van der Waals surface area contributed by atoms with Crippen molar-refractivity contribution in [2.75, 3.05) is 228 Å². The molecule has 0 saturated heterocycles. The van der Waals surface area contributed by atoms with Gasteiger partial charge in [-0.1, -0.05) is 42.5 Å². The molecule has 0 saturated carbocycles. The first-order chi connectivity index (χ1) is 58.6. The molecule has 4 N–H and O–H groups in total. The van der Waals surface area contributed by atoms with Crippen molar-refractivity contribution in [3.05, 3.63) is 168 Å². The van der Waals surface area contributed by atoms with E-state index in [0.717, 1.165) is 119 Å². The zero-order valence-electron chi connectivity index (χ0n) is 69.8. The van der Waals surface area contributed by atoms with E-state index in [1.54, 1.807) is 60.9 Å². The van der Waals surface area contributed by atoms with E-state index in [1.165, 1.54) is 0 Å². The Morgan fingerprint density at radius 2 is 0.602 bits per heavy atom. The first kappa shape index (κ1) is 105. The quantitative estimate of drug-likeness (QED) is 0.0250. The van der Waals surface area contributed by atoms with Gasteiger partial charge >= 0.3 is 71.9 Å². The van der Waals surface area contributed by atoms with Gasteiger partial charge in [0.15, 0.2) is 11.5 Å². The van der Waals surface area contributed by atoms with Crippen LogP contribution in [0.1, 0.15) is 46.3 Å². The number of rotatable bonds is 19. The van der Waals surface area contributed by atoms with Crippen LogP contribution in [0.25, 0.3) is 10.8 Å². The minimum atomic E-state index is -10.7. The Morgan fingerprint density at radius 3 is 0.951 bits per heavy atom. The summed E-state index contributed by atoms with van der Waals surface area (Å²) in [6.07, 6.45) is 6.74. The fourth-order valence-electron chi connectivity index (χ4n) is 10.6. The summed E-state index contributed by atoms with van der Waals surface area (Å²) in [6, 6.07) is 42.4. The number of carbonyl (C=O) groups excluding carboxylic acids is 1. The molecule has 0 spiro atoms. The molecule has 0 aromatic heterocycles. The van der Waals surface area contributed by atoms with Gasteiger partial charge in [-0.15, -0.1) is 0 Å². The third-order valence-electron chi connectivity index (χ3n) is 16.2. The standard InChI is InChI=1S/C34H45NO10.C26H36O8.C23H31NO6.2F6P/c1-36-31-18-27(19-32(23-31)37-2)25-35-26-28-20-33-24-34(21-28)45-17-13-41-9-7-39-11-15-43-30-5-3-4-29(22-30)42-14-10-38-6-8-40-12-16-44-33;1-2-6-24-22-26-25(21-23(24)5-1)33-19-17-31-15-13-29-11-9-27-7-3-4-8-28-10-12-30-14-16-32-18-20-34-26;1-26-19-10-17(11-20(14-19)27-2)16-24-8-6-5-7-9-30-23(25)18-12-21(28-3)15-22(13-18)29-4;2*1-7(2,3,4,5)6/h3-5,18-24,35H,6-17,25-26H2,1-2H3;1-6,21-22H,7-20H2;10-15,24H,5-9,16H2,1-4H3;;/q;;;2*-1/p+2/b;4-3-;;;. The van der Waals surface area contributed by atoms with Gasteiger partial charge < -0.3 is 120 Å². The van der Waals surface area contributed by atoms with Gasteiger partial charge in [0.1, 0.15) is 117 Å². The van der Waals surface area contributed by atoms with E-state index < -0.39 is 15.6 Å². The molecule has 2 aliphatic heterocycles. The Hall–Kier alpha value is -8.85. The van der Waals surface area contributed by atoms with E-state index >= 15 is 0 Å². The number of methoxy groups -OCH3 is 6. The second-order valence-corrected chi connectivity index (χ2v) is 30.0. The van der Waals surface area contributed by atoms with Crippen LogP contribution < -0.4 is 67.5 Å². The van der Waals surface area contributed by atoms with Gasteiger partial charge in [0, 0.05) is 47.0 Å². The van der Waals surface area contributed by atoms with Crippen LogP contribution in [0.2, 0.25) is 0 Å². The van der Waals surface area contributed by atoms with E-state index in [4.69, 9.17) is 109 Å².